The summed E-state index contributed by atoms with van der Waals surface area (Å²) < 4.78 is 31.5. The third-order valence-electron chi connectivity index (χ3n) is 4.11. The fourth-order valence-corrected chi connectivity index (χ4v) is 2.93. The van der Waals surface area contributed by atoms with Crippen molar-refractivity contribution in [2.45, 2.75) is 32.4 Å². The zero-order chi connectivity index (χ0) is 16.1. The van der Waals surface area contributed by atoms with Crippen molar-refractivity contribution in [3.05, 3.63) is 36.5 Å². The molecule has 1 aliphatic heterocycles. The normalized spacial score (nSPS) is 16.0. The molecule has 3 rings (SSSR count). The molecule has 23 heavy (non-hydrogen) atoms. The number of benzene rings is 1. The Hall–Kier alpha value is -1.95. The lowest BCUT2D eigenvalue weighted by Crippen LogP contribution is -2.32. The van der Waals surface area contributed by atoms with E-state index in [4.69, 9.17) is 0 Å². The van der Waals surface area contributed by atoms with Gasteiger partial charge in [0, 0.05) is 12.7 Å². The highest BCUT2D eigenvalue weighted by Gasteiger charge is 2.17. The number of nitrogens with zero attached hydrogens (tertiary/aromatic N) is 3. The van der Waals surface area contributed by atoms with E-state index in [1.54, 1.807) is 10.9 Å². The van der Waals surface area contributed by atoms with E-state index in [1.165, 1.54) is 19.3 Å². The van der Waals surface area contributed by atoms with Crippen molar-refractivity contribution in [3.63, 3.8) is 0 Å². The lowest BCUT2D eigenvalue weighted by atomic mass is 10.1. The van der Waals surface area contributed by atoms with E-state index in [-0.39, 0.29) is 5.88 Å². The van der Waals surface area contributed by atoms with Crippen molar-refractivity contribution in [1.82, 2.24) is 14.7 Å². The van der Waals surface area contributed by atoms with Crippen molar-refractivity contribution in [2.24, 2.45) is 0 Å². The van der Waals surface area contributed by atoms with Crippen molar-refractivity contribution >= 4 is 0 Å². The highest BCUT2D eigenvalue weighted by atomic mass is 19.3. The second kappa shape index (κ2) is 7.55. The van der Waals surface area contributed by atoms with Crippen LogP contribution in [0.3, 0.4) is 0 Å². The molecule has 1 aliphatic rings. The van der Waals surface area contributed by atoms with Crippen LogP contribution in [0.15, 0.2) is 36.5 Å². The molecule has 124 valence electrons. The molecule has 1 aromatic carbocycles. The van der Waals surface area contributed by atoms with Gasteiger partial charge >= 0.3 is 6.61 Å². The molecular formula is C17H21F2N3O. The van der Waals surface area contributed by atoms with E-state index in [9.17, 15) is 8.78 Å². The first-order valence-electron chi connectivity index (χ1n) is 8.02. The monoisotopic (exact) mass is 321 g/mol. The van der Waals surface area contributed by atoms with E-state index < -0.39 is 6.61 Å². The molecule has 2 aromatic rings. The zero-order valence-electron chi connectivity index (χ0n) is 13.0. The minimum atomic E-state index is -2.87. The van der Waals surface area contributed by atoms with Crippen LogP contribution in [0.1, 0.15) is 19.3 Å². The van der Waals surface area contributed by atoms with Gasteiger partial charge in [0.1, 0.15) is 0 Å². The molecule has 1 fully saturated rings. The van der Waals surface area contributed by atoms with Crippen LogP contribution in [0, 0.1) is 0 Å². The summed E-state index contributed by atoms with van der Waals surface area (Å²) >= 11 is 0. The maximum atomic E-state index is 12.6. The summed E-state index contributed by atoms with van der Waals surface area (Å²) in [7, 11) is 0. The summed E-state index contributed by atoms with van der Waals surface area (Å²) in [6.45, 7) is 0.888. The summed E-state index contributed by atoms with van der Waals surface area (Å²) in [4.78, 5) is 2.39. The fraction of sp³-hybridized carbons (Fsp3) is 0.471. The molecule has 0 spiro atoms. The van der Waals surface area contributed by atoms with Crippen molar-refractivity contribution in [2.75, 3.05) is 19.6 Å². The fourth-order valence-electron chi connectivity index (χ4n) is 2.93. The number of rotatable bonds is 6. The van der Waals surface area contributed by atoms with E-state index in [1.807, 2.05) is 30.3 Å². The summed E-state index contributed by atoms with van der Waals surface area (Å²) in [5.74, 6) is -0.00940. The Kier molecular flexibility index (Phi) is 5.23. The Morgan fingerprint density at radius 3 is 2.48 bits per heavy atom. The van der Waals surface area contributed by atoms with E-state index in [0.717, 1.165) is 25.2 Å². The van der Waals surface area contributed by atoms with E-state index >= 15 is 0 Å². The Morgan fingerprint density at radius 1 is 1.04 bits per heavy atom. The molecule has 0 radical (unpaired) electrons. The zero-order valence-corrected chi connectivity index (χ0v) is 13.0. The van der Waals surface area contributed by atoms with Crippen LogP contribution in [-0.4, -0.2) is 40.9 Å². The van der Waals surface area contributed by atoms with Crippen molar-refractivity contribution < 1.29 is 13.5 Å². The number of aromatic nitrogens is 2. The third kappa shape index (κ3) is 4.28. The minimum Gasteiger partial charge on any atom is -0.415 e. The van der Waals surface area contributed by atoms with Crippen LogP contribution in [-0.2, 0) is 6.54 Å². The second-order valence-corrected chi connectivity index (χ2v) is 5.76. The van der Waals surface area contributed by atoms with Crippen LogP contribution < -0.4 is 4.74 Å². The van der Waals surface area contributed by atoms with Gasteiger partial charge in [-0.05, 0) is 31.5 Å². The smallest absolute Gasteiger partial charge is 0.388 e. The largest absolute Gasteiger partial charge is 0.415 e. The van der Waals surface area contributed by atoms with E-state index in [0.29, 0.717) is 12.1 Å². The molecular weight excluding hydrogens is 300 g/mol. The molecule has 0 bridgehead atoms. The number of halogens is 2. The first-order valence-corrected chi connectivity index (χ1v) is 8.02. The quantitative estimate of drug-likeness (QED) is 0.814. The summed E-state index contributed by atoms with van der Waals surface area (Å²) in [6, 6.07) is 9.35. The molecule has 0 unspecified atom stereocenters. The predicted molar refractivity (Wildman–Crippen MR) is 84.6 cm³/mol. The summed E-state index contributed by atoms with van der Waals surface area (Å²) in [5.41, 5.74) is 1.43. The predicted octanol–water partition coefficient (Wildman–Crippen LogP) is 3.64. The third-order valence-corrected chi connectivity index (χ3v) is 4.11. The van der Waals surface area contributed by atoms with E-state index in [2.05, 4.69) is 14.7 Å². The molecule has 0 N–H and O–H groups in total. The Balaban J connectivity index is 1.74. The van der Waals surface area contributed by atoms with Crippen LogP contribution in [0.2, 0.25) is 0 Å². The van der Waals surface area contributed by atoms with Gasteiger partial charge in [0.05, 0.1) is 12.1 Å². The average Bonchev–Trinajstić information content (AvgIpc) is 2.97. The van der Waals surface area contributed by atoms with Gasteiger partial charge in [-0.1, -0.05) is 36.8 Å². The highest BCUT2D eigenvalue weighted by Crippen LogP contribution is 2.29. The minimum absolute atomic E-state index is 0.00940. The van der Waals surface area contributed by atoms with Gasteiger partial charge < -0.3 is 9.64 Å². The molecule has 6 heteroatoms. The number of piperidine rings is 1. The summed E-state index contributed by atoms with van der Waals surface area (Å²) in [6.07, 6.45) is 5.54. The molecule has 0 saturated carbocycles. The van der Waals surface area contributed by atoms with Crippen LogP contribution in [0.5, 0.6) is 5.88 Å². The molecule has 1 saturated heterocycles. The molecule has 0 aliphatic carbocycles. The molecule has 2 heterocycles. The van der Waals surface area contributed by atoms with Gasteiger partial charge in [0.25, 0.3) is 0 Å². The Morgan fingerprint density at radius 2 is 1.78 bits per heavy atom. The number of likely N-dealkylation sites (tertiary alicyclic amines) is 1. The van der Waals surface area contributed by atoms with Crippen molar-refractivity contribution in [3.8, 4) is 17.0 Å². The Bertz CT molecular complexity index is 610. The van der Waals surface area contributed by atoms with Gasteiger partial charge in [0.15, 0.2) is 0 Å². The number of alkyl halides is 2. The SMILES string of the molecule is FC(F)Oc1nn(CCN2CCCCC2)cc1-c1ccccc1. The number of ether oxygens (including phenoxy) is 1. The topological polar surface area (TPSA) is 30.3 Å². The average molecular weight is 321 g/mol. The molecule has 0 amide bonds. The van der Waals surface area contributed by atoms with Crippen molar-refractivity contribution in [1.29, 1.82) is 0 Å². The first-order chi connectivity index (χ1) is 11.2. The van der Waals surface area contributed by atoms with Gasteiger partial charge in [-0.25, -0.2) is 0 Å². The second-order valence-electron chi connectivity index (χ2n) is 5.76. The number of hydrogen-bond acceptors (Lipinski definition) is 3. The van der Waals surface area contributed by atoms with Gasteiger partial charge in [0.2, 0.25) is 5.88 Å². The standard InChI is InChI=1S/C17H21F2N3O/c18-17(19)23-16-15(14-7-3-1-4-8-14)13-22(20-16)12-11-21-9-5-2-6-10-21/h1,3-4,7-8,13,17H,2,5-6,9-12H2. The van der Waals surface area contributed by atoms with Gasteiger partial charge in [-0.15, -0.1) is 5.10 Å². The molecule has 4 nitrogen and oxygen atoms in total. The van der Waals surface area contributed by atoms with Crippen LogP contribution >= 0.6 is 0 Å². The van der Waals surface area contributed by atoms with Crippen LogP contribution in [0.4, 0.5) is 8.78 Å². The van der Waals surface area contributed by atoms with Gasteiger partial charge in [-0.3, -0.25) is 4.68 Å². The lowest BCUT2D eigenvalue weighted by Gasteiger charge is -2.26. The van der Waals surface area contributed by atoms with Crippen LogP contribution in [0.25, 0.3) is 11.1 Å². The summed E-state index contributed by atoms with van der Waals surface area (Å²) in [5, 5.41) is 4.20. The Labute approximate surface area is 134 Å². The maximum absolute atomic E-state index is 12.6. The lowest BCUT2D eigenvalue weighted by molar-refractivity contribution is -0.0528. The highest BCUT2D eigenvalue weighted by molar-refractivity contribution is 5.67. The maximum Gasteiger partial charge on any atom is 0.388 e. The number of hydrogen-bond donors (Lipinski definition) is 0. The molecule has 0 atom stereocenters. The van der Waals surface area contributed by atoms with Gasteiger partial charge in [-0.2, -0.15) is 8.78 Å². The first kappa shape index (κ1) is 15.9. The molecule has 1 aromatic heterocycles.